The summed E-state index contributed by atoms with van der Waals surface area (Å²) in [5.41, 5.74) is -0.445. The van der Waals surface area contributed by atoms with Crippen molar-refractivity contribution in [3.8, 4) is 0 Å². The first-order valence-corrected chi connectivity index (χ1v) is 9.08. The Hall–Kier alpha value is -1.10. The Bertz CT molecular complexity index is 392. The average molecular weight is 324 g/mol. The van der Waals surface area contributed by atoms with Gasteiger partial charge in [-0.25, -0.2) is 4.79 Å². The Morgan fingerprint density at radius 3 is 2.17 bits per heavy atom. The van der Waals surface area contributed by atoms with Gasteiger partial charge in [-0.15, -0.1) is 0 Å². The van der Waals surface area contributed by atoms with Gasteiger partial charge in [-0.05, 0) is 46.5 Å². The van der Waals surface area contributed by atoms with E-state index in [0.717, 1.165) is 32.2 Å². The van der Waals surface area contributed by atoms with Crippen LogP contribution >= 0.6 is 0 Å². The van der Waals surface area contributed by atoms with Crippen molar-refractivity contribution in [2.24, 2.45) is 0 Å². The molecule has 0 bridgehead atoms. The molecule has 5 heteroatoms. The smallest absolute Gasteiger partial charge is 0.410 e. The molecule has 0 aromatic rings. The largest absolute Gasteiger partial charge is 0.444 e. The lowest BCUT2D eigenvalue weighted by Crippen LogP contribution is -2.51. The summed E-state index contributed by atoms with van der Waals surface area (Å²) < 4.78 is 5.45. The number of ether oxygens (including phenoxy) is 1. The third kappa shape index (κ3) is 5.48. The molecule has 0 atom stereocenters. The van der Waals surface area contributed by atoms with E-state index >= 15 is 0 Å². The number of nitrogens with zero attached hydrogens (tertiary/aromatic N) is 2. The molecule has 0 radical (unpaired) electrons. The van der Waals surface area contributed by atoms with Crippen LogP contribution in [0.5, 0.6) is 0 Å². The first-order chi connectivity index (χ1) is 10.9. The number of piperidine rings is 1. The molecule has 1 amide bonds. The number of hydrogen-bond acceptors (Lipinski definition) is 4. The fourth-order valence-electron chi connectivity index (χ4n) is 3.80. The zero-order valence-corrected chi connectivity index (χ0v) is 14.9. The topological polar surface area (TPSA) is 49.9 Å². The van der Waals surface area contributed by atoms with Crippen molar-refractivity contribution >= 4 is 12.4 Å². The fourth-order valence-corrected chi connectivity index (χ4v) is 3.80. The van der Waals surface area contributed by atoms with Crippen molar-refractivity contribution in [1.82, 2.24) is 9.80 Å². The van der Waals surface area contributed by atoms with Crippen LogP contribution in [-0.4, -0.2) is 59.5 Å². The Morgan fingerprint density at radius 2 is 1.65 bits per heavy atom. The molecule has 1 saturated carbocycles. The van der Waals surface area contributed by atoms with Gasteiger partial charge in [-0.3, -0.25) is 4.90 Å². The minimum Gasteiger partial charge on any atom is -0.444 e. The second-order valence-corrected chi connectivity index (χ2v) is 7.85. The van der Waals surface area contributed by atoms with Crippen molar-refractivity contribution in [3.05, 3.63) is 0 Å². The van der Waals surface area contributed by atoms with Crippen LogP contribution in [0.3, 0.4) is 0 Å². The van der Waals surface area contributed by atoms with Gasteiger partial charge in [0.2, 0.25) is 0 Å². The summed E-state index contributed by atoms with van der Waals surface area (Å²) in [5.74, 6) is 0. The molecular formula is C18H32N2O3. The van der Waals surface area contributed by atoms with Gasteiger partial charge in [-0.2, -0.15) is 0 Å². The van der Waals surface area contributed by atoms with Crippen molar-refractivity contribution in [1.29, 1.82) is 0 Å². The van der Waals surface area contributed by atoms with Crippen LogP contribution in [0.4, 0.5) is 4.79 Å². The summed E-state index contributed by atoms with van der Waals surface area (Å²) in [6.45, 7) is 7.66. The van der Waals surface area contributed by atoms with Crippen molar-refractivity contribution in [2.75, 3.05) is 19.6 Å². The van der Waals surface area contributed by atoms with Crippen molar-refractivity contribution in [3.63, 3.8) is 0 Å². The standard InChI is InChI=1S/C18H32N2O3/c1-18(2,3)23-17(22)19-11-9-16(10-12-19)20(13-14-21)15-7-5-4-6-8-15/h14-16H,4-13H2,1-3H3. The lowest BCUT2D eigenvalue weighted by atomic mass is 9.91. The van der Waals surface area contributed by atoms with Crippen LogP contribution in [0, 0.1) is 0 Å². The van der Waals surface area contributed by atoms with E-state index in [2.05, 4.69) is 4.90 Å². The molecule has 0 aromatic heterocycles. The Balaban J connectivity index is 1.88. The number of hydrogen-bond donors (Lipinski definition) is 0. The molecule has 0 N–H and O–H groups in total. The van der Waals surface area contributed by atoms with Crippen LogP contribution in [0.25, 0.3) is 0 Å². The van der Waals surface area contributed by atoms with E-state index in [9.17, 15) is 9.59 Å². The highest BCUT2D eigenvalue weighted by molar-refractivity contribution is 5.68. The lowest BCUT2D eigenvalue weighted by molar-refractivity contribution is -0.110. The van der Waals surface area contributed by atoms with Gasteiger partial charge in [0.1, 0.15) is 11.9 Å². The number of amides is 1. The van der Waals surface area contributed by atoms with Gasteiger partial charge in [0.15, 0.2) is 0 Å². The van der Waals surface area contributed by atoms with Crippen LogP contribution in [0.15, 0.2) is 0 Å². The number of carbonyl (C=O) groups excluding carboxylic acids is 2. The summed E-state index contributed by atoms with van der Waals surface area (Å²) in [5, 5.41) is 0. The zero-order chi connectivity index (χ0) is 16.9. The third-order valence-corrected chi connectivity index (χ3v) is 4.91. The van der Waals surface area contributed by atoms with Gasteiger partial charge in [0.25, 0.3) is 0 Å². The van der Waals surface area contributed by atoms with E-state index in [1.165, 1.54) is 32.1 Å². The fraction of sp³-hybridized carbons (Fsp3) is 0.889. The maximum Gasteiger partial charge on any atom is 0.410 e. The number of aldehydes is 1. The van der Waals surface area contributed by atoms with Crippen molar-refractivity contribution in [2.45, 2.75) is 83.4 Å². The van der Waals surface area contributed by atoms with Gasteiger partial charge in [-0.1, -0.05) is 19.3 Å². The zero-order valence-electron chi connectivity index (χ0n) is 14.9. The minimum atomic E-state index is -0.445. The summed E-state index contributed by atoms with van der Waals surface area (Å²) >= 11 is 0. The maximum atomic E-state index is 12.2. The summed E-state index contributed by atoms with van der Waals surface area (Å²) in [7, 11) is 0. The Morgan fingerprint density at radius 1 is 1.09 bits per heavy atom. The molecule has 0 spiro atoms. The highest BCUT2D eigenvalue weighted by Gasteiger charge is 2.32. The van der Waals surface area contributed by atoms with E-state index in [-0.39, 0.29) is 6.09 Å². The number of carbonyl (C=O) groups is 2. The van der Waals surface area contributed by atoms with Crippen LogP contribution < -0.4 is 0 Å². The molecule has 2 rings (SSSR count). The molecule has 0 aromatic carbocycles. The summed E-state index contributed by atoms with van der Waals surface area (Å²) in [6, 6.07) is 0.967. The Labute approximate surface area is 140 Å². The van der Waals surface area contributed by atoms with Crippen molar-refractivity contribution < 1.29 is 14.3 Å². The maximum absolute atomic E-state index is 12.2. The molecule has 1 aliphatic heterocycles. The first kappa shape index (κ1) is 18.2. The predicted octanol–water partition coefficient (Wildman–Crippen LogP) is 3.22. The highest BCUT2D eigenvalue weighted by Crippen LogP contribution is 2.27. The third-order valence-electron chi connectivity index (χ3n) is 4.91. The van der Waals surface area contributed by atoms with Crippen LogP contribution in [0.2, 0.25) is 0 Å². The molecule has 1 saturated heterocycles. The molecule has 5 nitrogen and oxygen atoms in total. The molecule has 0 unspecified atom stereocenters. The normalized spacial score (nSPS) is 21.5. The van der Waals surface area contributed by atoms with Crippen LogP contribution in [0.1, 0.15) is 65.7 Å². The SMILES string of the molecule is CC(C)(C)OC(=O)N1CCC(N(CC=O)C2CCCCC2)CC1. The van der Waals surface area contributed by atoms with E-state index in [1.807, 2.05) is 25.7 Å². The average Bonchev–Trinajstić information content (AvgIpc) is 2.52. The monoisotopic (exact) mass is 324 g/mol. The van der Waals surface area contributed by atoms with Crippen LogP contribution in [-0.2, 0) is 9.53 Å². The predicted molar refractivity (Wildman–Crippen MR) is 90.5 cm³/mol. The molecule has 1 aliphatic carbocycles. The molecule has 2 fully saturated rings. The second kappa shape index (κ2) is 8.13. The highest BCUT2D eigenvalue weighted by atomic mass is 16.6. The minimum absolute atomic E-state index is 0.212. The van der Waals surface area contributed by atoms with Gasteiger partial charge >= 0.3 is 6.09 Å². The molecular weight excluding hydrogens is 292 g/mol. The van der Waals surface area contributed by atoms with Gasteiger partial charge < -0.3 is 14.4 Å². The van der Waals surface area contributed by atoms with Gasteiger partial charge in [0.05, 0.1) is 6.54 Å². The molecule has 132 valence electrons. The molecule has 23 heavy (non-hydrogen) atoms. The number of likely N-dealkylation sites (tertiary alicyclic amines) is 1. The van der Waals surface area contributed by atoms with E-state index in [0.29, 0.717) is 18.6 Å². The van der Waals surface area contributed by atoms with E-state index in [1.54, 1.807) is 0 Å². The van der Waals surface area contributed by atoms with E-state index in [4.69, 9.17) is 4.74 Å². The summed E-state index contributed by atoms with van der Waals surface area (Å²) in [4.78, 5) is 27.5. The quantitative estimate of drug-likeness (QED) is 0.745. The molecule has 2 aliphatic rings. The lowest BCUT2D eigenvalue weighted by Gasteiger charge is -2.43. The van der Waals surface area contributed by atoms with Gasteiger partial charge in [0, 0.05) is 25.2 Å². The van der Waals surface area contributed by atoms with E-state index < -0.39 is 5.60 Å². The number of rotatable bonds is 4. The molecule has 1 heterocycles. The second-order valence-electron chi connectivity index (χ2n) is 7.85. The summed E-state index contributed by atoms with van der Waals surface area (Å²) in [6.07, 6.45) is 8.98. The first-order valence-electron chi connectivity index (χ1n) is 9.08. The Kier molecular flexibility index (Phi) is 6.45.